The lowest BCUT2D eigenvalue weighted by atomic mass is 10.1. The zero-order chi connectivity index (χ0) is 16.4. The van der Waals surface area contributed by atoms with Crippen LogP contribution in [0, 0.1) is 0 Å². The first-order chi connectivity index (χ1) is 11.1. The SMILES string of the molecule is COc1cccc(-c2cn3c(CC(=O)NC(C)C)csc3n2)c1. The fraction of sp³-hybridized carbons (Fsp3) is 0.294. The topological polar surface area (TPSA) is 55.6 Å². The number of benzene rings is 1. The van der Waals surface area contributed by atoms with Crippen molar-refractivity contribution in [2.75, 3.05) is 7.11 Å². The van der Waals surface area contributed by atoms with Gasteiger partial charge in [0.1, 0.15) is 5.75 Å². The number of amides is 1. The molecule has 1 aromatic carbocycles. The molecule has 0 saturated heterocycles. The molecule has 2 aromatic heterocycles. The molecule has 0 aliphatic rings. The number of ether oxygens (including phenoxy) is 1. The number of hydrogen-bond donors (Lipinski definition) is 1. The third kappa shape index (κ3) is 3.37. The molecule has 3 rings (SSSR count). The molecule has 1 N–H and O–H groups in total. The van der Waals surface area contributed by atoms with Gasteiger partial charge < -0.3 is 10.1 Å². The van der Waals surface area contributed by atoms with Gasteiger partial charge in [-0.2, -0.15) is 0 Å². The van der Waals surface area contributed by atoms with Gasteiger partial charge in [0.05, 0.1) is 19.2 Å². The fourth-order valence-corrected chi connectivity index (χ4v) is 3.29. The number of carbonyl (C=O) groups is 1. The number of carbonyl (C=O) groups excluding carboxylic acids is 1. The van der Waals surface area contributed by atoms with Crippen LogP contribution in [0.4, 0.5) is 0 Å². The van der Waals surface area contributed by atoms with Gasteiger partial charge in [0.25, 0.3) is 0 Å². The Bertz CT molecular complexity index is 835. The number of thiazole rings is 1. The number of hydrogen-bond acceptors (Lipinski definition) is 4. The number of fused-ring (bicyclic) bond motifs is 1. The summed E-state index contributed by atoms with van der Waals surface area (Å²) >= 11 is 1.54. The summed E-state index contributed by atoms with van der Waals surface area (Å²) in [6.07, 6.45) is 2.32. The van der Waals surface area contributed by atoms with Crippen LogP contribution < -0.4 is 10.1 Å². The Labute approximate surface area is 138 Å². The van der Waals surface area contributed by atoms with Crippen molar-refractivity contribution in [2.45, 2.75) is 26.3 Å². The highest BCUT2D eigenvalue weighted by atomic mass is 32.1. The minimum absolute atomic E-state index is 0.0244. The molecule has 2 heterocycles. The van der Waals surface area contributed by atoms with Crippen molar-refractivity contribution < 1.29 is 9.53 Å². The lowest BCUT2D eigenvalue weighted by molar-refractivity contribution is -0.120. The molecule has 0 radical (unpaired) electrons. The lowest BCUT2D eigenvalue weighted by Gasteiger charge is -2.07. The van der Waals surface area contributed by atoms with Gasteiger partial charge in [-0.15, -0.1) is 11.3 Å². The Morgan fingerprint density at radius 1 is 1.43 bits per heavy atom. The van der Waals surface area contributed by atoms with E-state index in [1.165, 1.54) is 0 Å². The molecule has 0 bridgehead atoms. The zero-order valence-corrected chi connectivity index (χ0v) is 14.2. The largest absolute Gasteiger partial charge is 0.497 e. The van der Waals surface area contributed by atoms with E-state index in [0.29, 0.717) is 6.42 Å². The van der Waals surface area contributed by atoms with E-state index < -0.39 is 0 Å². The Morgan fingerprint density at radius 2 is 2.26 bits per heavy atom. The smallest absolute Gasteiger partial charge is 0.226 e. The van der Waals surface area contributed by atoms with Gasteiger partial charge in [-0.3, -0.25) is 9.20 Å². The standard InChI is InChI=1S/C17H19N3O2S/c1-11(2)18-16(21)8-13-10-23-17-19-15(9-20(13)17)12-5-4-6-14(7-12)22-3/h4-7,9-11H,8H2,1-3H3,(H,18,21). The highest BCUT2D eigenvalue weighted by molar-refractivity contribution is 7.15. The molecule has 0 unspecified atom stereocenters. The lowest BCUT2D eigenvalue weighted by Crippen LogP contribution is -2.31. The van der Waals surface area contributed by atoms with Crippen LogP contribution in [-0.2, 0) is 11.2 Å². The van der Waals surface area contributed by atoms with Crippen LogP contribution in [0.1, 0.15) is 19.5 Å². The second-order valence-electron chi connectivity index (χ2n) is 5.64. The van der Waals surface area contributed by atoms with Crippen LogP contribution in [-0.4, -0.2) is 28.4 Å². The van der Waals surface area contributed by atoms with Crippen LogP contribution in [0.25, 0.3) is 16.2 Å². The molecule has 6 heteroatoms. The summed E-state index contributed by atoms with van der Waals surface area (Å²) in [5, 5.41) is 4.90. The number of nitrogens with zero attached hydrogens (tertiary/aromatic N) is 2. The molecule has 0 fully saturated rings. The van der Waals surface area contributed by atoms with E-state index in [4.69, 9.17) is 4.74 Å². The van der Waals surface area contributed by atoms with Gasteiger partial charge in [0.15, 0.2) is 4.96 Å². The summed E-state index contributed by atoms with van der Waals surface area (Å²) in [4.78, 5) is 17.5. The molecular weight excluding hydrogens is 310 g/mol. The second-order valence-corrected chi connectivity index (χ2v) is 6.47. The number of imidazole rings is 1. The zero-order valence-electron chi connectivity index (χ0n) is 13.4. The average molecular weight is 329 g/mol. The predicted molar refractivity (Wildman–Crippen MR) is 92.0 cm³/mol. The third-order valence-corrected chi connectivity index (χ3v) is 4.33. The van der Waals surface area contributed by atoms with Crippen LogP contribution in [0.2, 0.25) is 0 Å². The minimum Gasteiger partial charge on any atom is -0.497 e. The Hall–Kier alpha value is -2.34. The van der Waals surface area contributed by atoms with Gasteiger partial charge >= 0.3 is 0 Å². The number of aromatic nitrogens is 2. The highest BCUT2D eigenvalue weighted by Crippen LogP contribution is 2.26. The predicted octanol–water partition coefficient (Wildman–Crippen LogP) is 3.14. The van der Waals surface area contributed by atoms with E-state index >= 15 is 0 Å². The van der Waals surface area contributed by atoms with Gasteiger partial charge in [0.2, 0.25) is 5.91 Å². The summed E-state index contributed by atoms with van der Waals surface area (Å²) in [7, 11) is 1.65. The van der Waals surface area contributed by atoms with Crippen molar-refractivity contribution in [2.24, 2.45) is 0 Å². The van der Waals surface area contributed by atoms with Gasteiger partial charge in [-0.05, 0) is 26.0 Å². The van der Waals surface area contributed by atoms with Gasteiger partial charge in [-0.25, -0.2) is 4.98 Å². The Kier molecular flexibility index (Phi) is 4.34. The Morgan fingerprint density at radius 3 is 3.00 bits per heavy atom. The second kappa shape index (κ2) is 6.42. The van der Waals surface area contributed by atoms with Crippen molar-refractivity contribution in [1.29, 1.82) is 0 Å². The molecule has 3 aromatic rings. The molecule has 0 aliphatic carbocycles. The maximum absolute atomic E-state index is 12.0. The van der Waals surface area contributed by atoms with Crippen LogP contribution in [0.3, 0.4) is 0 Å². The molecule has 0 atom stereocenters. The first kappa shape index (κ1) is 15.6. The molecule has 0 aliphatic heterocycles. The summed E-state index contributed by atoms with van der Waals surface area (Å²) in [6.45, 7) is 3.92. The summed E-state index contributed by atoms with van der Waals surface area (Å²) in [5.74, 6) is 0.826. The quantitative estimate of drug-likeness (QED) is 0.782. The van der Waals surface area contributed by atoms with Crippen molar-refractivity contribution in [3.63, 3.8) is 0 Å². The monoisotopic (exact) mass is 329 g/mol. The van der Waals surface area contributed by atoms with E-state index in [2.05, 4.69) is 10.3 Å². The van der Waals surface area contributed by atoms with Crippen molar-refractivity contribution in [3.05, 3.63) is 41.5 Å². The Balaban J connectivity index is 1.89. The van der Waals surface area contributed by atoms with E-state index in [1.54, 1.807) is 18.4 Å². The van der Waals surface area contributed by atoms with E-state index in [1.807, 2.05) is 54.1 Å². The maximum atomic E-state index is 12.0. The van der Waals surface area contributed by atoms with Crippen LogP contribution in [0.15, 0.2) is 35.8 Å². The fourth-order valence-electron chi connectivity index (χ4n) is 2.42. The number of nitrogens with one attached hydrogen (secondary N) is 1. The van der Waals surface area contributed by atoms with Crippen molar-refractivity contribution in [1.82, 2.24) is 14.7 Å². The first-order valence-electron chi connectivity index (χ1n) is 7.46. The normalized spacial score (nSPS) is 11.1. The molecule has 0 spiro atoms. The molecule has 0 saturated carbocycles. The van der Waals surface area contributed by atoms with Gasteiger partial charge in [0, 0.05) is 28.9 Å². The molecule has 1 amide bonds. The van der Waals surface area contributed by atoms with Crippen molar-refractivity contribution in [3.8, 4) is 17.0 Å². The van der Waals surface area contributed by atoms with E-state index in [0.717, 1.165) is 27.7 Å². The number of methoxy groups -OCH3 is 1. The summed E-state index contributed by atoms with van der Waals surface area (Å²) in [6, 6.07) is 7.95. The molecule has 5 nitrogen and oxygen atoms in total. The van der Waals surface area contributed by atoms with Gasteiger partial charge in [-0.1, -0.05) is 12.1 Å². The van der Waals surface area contributed by atoms with E-state index in [-0.39, 0.29) is 11.9 Å². The average Bonchev–Trinajstić information content (AvgIpc) is 3.08. The maximum Gasteiger partial charge on any atom is 0.226 e. The molecule has 120 valence electrons. The first-order valence-corrected chi connectivity index (χ1v) is 8.34. The summed E-state index contributed by atoms with van der Waals surface area (Å²) in [5.41, 5.74) is 2.82. The van der Waals surface area contributed by atoms with Crippen LogP contribution in [0.5, 0.6) is 5.75 Å². The molecular formula is C17H19N3O2S. The number of rotatable bonds is 5. The van der Waals surface area contributed by atoms with Crippen LogP contribution >= 0.6 is 11.3 Å². The molecule has 23 heavy (non-hydrogen) atoms. The third-order valence-electron chi connectivity index (χ3n) is 3.44. The highest BCUT2D eigenvalue weighted by Gasteiger charge is 2.13. The minimum atomic E-state index is 0.0244. The van der Waals surface area contributed by atoms with E-state index in [9.17, 15) is 4.79 Å². The summed E-state index contributed by atoms with van der Waals surface area (Å²) < 4.78 is 7.25. The van der Waals surface area contributed by atoms with Crippen molar-refractivity contribution >= 4 is 22.2 Å².